The van der Waals surface area contributed by atoms with E-state index in [1.165, 1.54) is 0 Å². The lowest BCUT2D eigenvalue weighted by Crippen LogP contribution is -2.53. The van der Waals surface area contributed by atoms with Gasteiger partial charge in [0.1, 0.15) is 11.8 Å². The summed E-state index contributed by atoms with van der Waals surface area (Å²) in [6, 6.07) is 13.6. The number of morpholine rings is 1. The first-order valence-electron chi connectivity index (χ1n) is 7.18. The standard InChI is InChI=1S/C17H18Cl2N2O/c1-17(10-21-9-16(20)22-17)12-4-2-3-11(7-12)14-8-13(18)5-6-15(14)19/h2-8,16,21H,9-10,20H2,1H3. The van der Waals surface area contributed by atoms with E-state index in [0.717, 1.165) is 16.7 Å². The van der Waals surface area contributed by atoms with E-state index in [4.69, 9.17) is 33.7 Å². The predicted octanol–water partition coefficient (Wildman–Crippen LogP) is 3.78. The minimum Gasteiger partial charge on any atom is -0.350 e. The van der Waals surface area contributed by atoms with Crippen molar-refractivity contribution >= 4 is 23.2 Å². The second-order valence-corrected chi connectivity index (χ2v) is 6.57. The van der Waals surface area contributed by atoms with Crippen molar-refractivity contribution in [2.45, 2.75) is 18.8 Å². The molecule has 1 heterocycles. The minimum absolute atomic E-state index is 0.308. The number of nitrogens with two attached hydrogens (primary N) is 1. The van der Waals surface area contributed by atoms with Crippen LogP contribution in [0.25, 0.3) is 11.1 Å². The van der Waals surface area contributed by atoms with Crippen LogP contribution in [-0.4, -0.2) is 19.3 Å². The Bertz CT molecular complexity index is 692. The van der Waals surface area contributed by atoms with Gasteiger partial charge in [-0.2, -0.15) is 0 Å². The quantitative estimate of drug-likeness (QED) is 0.877. The van der Waals surface area contributed by atoms with Gasteiger partial charge in [-0.25, -0.2) is 0 Å². The van der Waals surface area contributed by atoms with Gasteiger partial charge in [-0.1, -0.05) is 41.4 Å². The Balaban J connectivity index is 2.01. The molecule has 1 fully saturated rings. The molecule has 116 valence electrons. The maximum atomic E-state index is 6.30. The third-order valence-electron chi connectivity index (χ3n) is 3.93. The van der Waals surface area contributed by atoms with E-state index in [1.807, 2.05) is 37.3 Å². The van der Waals surface area contributed by atoms with Crippen LogP contribution in [0.4, 0.5) is 0 Å². The number of hydrogen-bond donors (Lipinski definition) is 2. The molecule has 0 amide bonds. The van der Waals surface area contributed by atoms with Gasteiger partial charge in [0.2, 0.25) is 0 Å². The van der Waals surface area contributed by atoms with Crippen LogP contribution in [0, 0.1) is 0 Å². The lowest BCUT2D eigenvalue weighted by Gasteiger charge is -2.38. The minimum atomic E-state index is -0.460. The first-order chi connectivity index (χ1) is 10.5. The molecule has 0 saturated carbocycles. The number of nitrogens with one attached hydrogen (secondary N) is 1. The third-order valence-corrected chi connectivity index (χ3v) is 4.50. The Morgan fingerprint density at radius 2 is 2.05 bits per heavy atom. The third kappa shape index (κ3) is 3.14. The second-order valence-electron chi connectivity index (χ2n) is 5.72. The lowest BCUT2D eigenvalue weighted by atomic mass is 9.91. The highest BCUT2D eigenvalue weighted by Gasteiger charge is 2.33. The normalized spacial score (nSPS) is 25.2. The van der Waals surface area contributed by atoms with Crippen LogP contribution in [0.1, 0.15) is 12.5 Å². The van der Waals surface area contributed by atoms with Crippen LogP contribution in [0.2, 0.25) is 10.0 Å². The van der Waals surface area contributed by atoms with Crippen LogP contribution >= 0.6 is 23.2 Å². The molecule has 0 spiro atoms. The van der Waals surface area contributed by atoms with Crippen molar-refractivity contribution in [2.24, 2.45) is 5.73 Å². The van der Waals surface area contributed by atoms with Gasteiger partial charge in [-0.3, -0.25) is 0 Å². The van der Waals surface area contributed by atoms with Crippen LogP contribution in [0.3, 0.4) is 0 Å². The van der Waals surface area contributed by atoms with Crippen LogP contribution in [-0.2, 0) is 10.3 Å². The van der Waals surface area contributed by atoms with E-state index >= 15 is 0 Å². The summed E-state index contributed by atoms with van der Waals surface area (Å²) in [5, 5.41) is 4.64. The van der Waals surface area contributed by atoms with Crippen molar-refractivity contribution in [2.75, 3.05) is 13.1 Å². The summed E-state index contributed by atoms with van der Waals surface area (Å²) in [7, 11) is 0. The van der Waals surface area contributed by atoms with Crippen molar-refractivity contribution in [3.05, 3.63) is 58.1 Å². The molecule has 0 aromatic heterocycles. The number of rotatable bonds is 2. The van der Waals surface area contributed by atoms with E-state index in [0.29, 0.717) is 23.1 Å². The van der Waals surface area contributed by atoms with Gasteiger partial charge in [0.25, 0.3) is 0 Å². The summed E-state index contributed by atoms with van der Waals surface area (Å²) in [6.07, 6.45) is -0.308. The van der Waals surface area contributed by atoms with E-state index in [9.17, 15) is 0 Å². The highest BCUT2D eigenvalue weighted by atomic mass is 35.5. The summed E-state index contributed by atoms with van der Waals surface area (Å²) >= 11 is 12.4. The fourth-order valence-corrected chi connectivity index (χ4v) is 3.17. The summed E-state index contributed by atoms with van der Waals surface area (Å²) in [5.74, 6) is 0. The highest BCUT2D eigenvalue weighted by molar-refractivity contribution is 6.35. The van der Waals surface area contributed by atoms with Gasteiger partial charge in [-0.15, -0.1) is 0 Å². The second kappa shape index (κ2) is 6.19. The zero-order valence-electron chi connectivity index (χ0n) is 12.3. The average Bonchev–Trinajstić information content (AvgIpc) is 2.50. The number of halogens is 2. The zero-order chi connectivity index (χ0) is 15.7. The number of hydrogen-bond acceptors (Lipinski definition) is 3. The van der Waals surface area contributed by atoms with E-state index < -0.39 is 5.60 Å². The van der Waals surface area contributed by atoms with Gasteiger partial charge in [0.05, 0.1) is 0 Å². The molecule has 0 aliphatic carbocycles. The fraction of sp³-hybridized carbons (Fsp3) is 0.294. The molecule has 2 aromatic rings. The van der Waals surface area contributed by atoms with Crippen LogP contribution < -0.4 is 11.1 Å². The SMILES string of the molecule is CC1(c2cccc(-c3cc(Cl)ccc3Cl)c2)CNCC(N)O1. The van der Waals surface area contributed by atoms with Gasteiger partial charge in [0.15, 0.2) is 0 Å². The van der Waals surface area contributed by atoms with Crippen LogP contribution in [0.15, 0.2) is 42.5 Å². The van der Waals surface area contributed by atoms with E-state index in [2.05, 4.69) is 11.4 Å². The fourth-order valence-electron chi connectivity index (χ4n) is 2.77. The summed E-state index contributed by atoms with van der Waals surface area (Å²) in [5.41, 5.74) is 8.44. The largest absolute Gasteiger partial charge is 0.350 e. The number of benzene rings is 2. The molecule has 2 aromatic carbocycles. The van der Waals surface area contributed by atoms with Crippen molar-refractivity contribution in [3.63, 3.8) is 0 Å². The van der Waals surface area contributed by atoms with Gasteiger partial charge < -0.3 is 15.8 Å². The van der Waals surface area contributed by atoms with Crippen molar-refractivity contribution in [3.8, 4) is 11.1 Å². The monoisotopic (exact) mass is 336 g/mol. The molecule has 1 saturated heterocycles. The van der Waals surface area contributed by atoms with Gasteiger partial charge in [-0.05, 0) is 42.3 Å². The van der Waals surface area contributed by atoms with Crippen molar-refractivity contribution < 1.29 is 4.74 Å². The molecule has 22 heavy (non-hydrogen) atoms. The molecule has 1 aliphatic rings. The Morgan fingerprint density at radius 3 is 2.82 bits per heavy atom. The Labute approximate surface area is 140 Å². The Morgan fingerprint density at radius 1 is 1.23 bits per heavy atom. The maximum absolute atomic E-state index is 6.30. The van der Waals surface area contributed by atoms with E-state index in [-0.39, 0.29) is 6.23 Å². The Hall–Kier alpha value is -1.10. The first kappa shape index (κ1) is 15.8. The van der Waals surface area contributed by atoms with Crippen LogP contribution in [0.5, 0.6) is 0 Å². The molecule has 3 rings (SSSR count). The molecule has 2 unspecified atom stereocenters. The molecule has 3 nitrogen and oxygen atoms in total. The maximum Gasteiger partial charge on any atom is 0.119 e. The molecule has 0 bridgehead atoms. The molecular formula is C17H18Cl2N2O. The molecule has 1 aliphatic heterocycles. The molecule has 5 heteroatoms. The smallest absolute Gasteiger partial charge is 0.119 e. The van der Waals surface area contributed by atoms with Crippen molar-refractivity contribution in [1.29, 1.82) is 0 Å². The molecule has 3 N–H and O–H groups in total. The van der Waals surface area contributed by atoms with E-state index in [1.54, 1.807) is 6.07 Å². The topological polar surface area (TPSA) is 47.3 Å². The molecule has 2 atom stereocenters. The predicted molar refractivity (Wildman–Crippen MR) is 91.2 cm³/mol. The lowest BCUT2D eigenvalue weighted by molar-refractivity contribution is -0.107. The molecular weight excluding hydrogens is 319 g/mol. The first-order valence-corrected chi connectivity index (χ1v) is 7.94. The highest BCUT2D eigenvalue weighted by Crippen LogP contribution is 2.34. The summed E-state index contributed by atoms with van der Waals surface area (Å²) < 4.78 is 5.96. The summed E-state index contributed by atoms with van der Waals surface area (Å²) in [4.78, 5) is 0. The molecule has 0 radical (unpaired) electrons. The zero-order valence-corrected chi connectivity index (χ0v) is 13.8. The number of ether oxygens (including phenoxy) is 1. The Kier molecular flexibility index (Phi) is 4.44. The van der Waals surface area contributed by atoms with Crippen molar-refractivity contribution in [1.82, 2.24) is 5.32 Å². The van der Waals surface area contributed by atoms with Gasteiger partial charge in [0, 0.05) is 28.7 Å². The van der Waals surface area contributed by atoms with Gasteiger partial charge >= 0.3 is 0 Å². The summed E-state index contributed by atoms with van der Waals surface area (Å²) in [6.45, 7) is 3.42. The average molecular weight is 337 g/mol.